The Bertz CT molecular complexity index is 2420. The zero-order valence-corrected chi connectivity index (χ0v) is 41.7. The van der Waals surface area contributed by atoms with Crippen molar-refractivity contribution in [2.24, 2.45) is 4.99 Å². The topological polar surface area (TPSA) is 238 Å². The zero-order valence-electron chi connectivity index (χ0n) is 40.0. The molecule has 1 unspecified atom stereocenters. The highest BCUT2D eigenvalue weighted by molar-refractivity contribution is 7.88. The third-order valence-electron chi connectivity index (χ3n) is 8.76. The molecule has 4 aromatic rings. The third kappa shape index (κ3) is 19.9. The lowest BCUT2D eigenvalue weighted by molar-refractivity contribution is -0.131. The maximum absolute atomic E-state index is 15.3. The molecule has 0 aliphatic heterocycles. The number of sulfonamides is 1. The Morgan fingerprint density at radius 2 is 1.09 bits per heavy atom. The Morgan fingerprint density at radius 1 is 0.618 bits per heavy atom. The molecule has 0 saturated heterocycles. The lowest BCUT2D eigenvalue weighted by Crippen LogP contribution is -2.56. The fourth-order valence-corrected chi connectivity index (χ4v) is 8.97. The van der Waals surface area contributed by atoms with Crippen molar-refractivity contribution < 1.29 is 55.4 Å². The van der Waals surface area contributed by atoms with E-state index >= 15 is 4.57 Å². The summed E-state index contributed by atoms with van der Waals surface area (Å²) in [7, 11) is -8.57. The Hall–Kier alpha value is -6.27. The average Bonchev–Trinajstić information content (AvgIpc) is 3.21. The van der Waals surface area contributed by atoms with Crippen LogP contribution in [0.1, 0.15) is 80.4 Å². The molecule has 4 amide bonds. The Kier molecular flexibility index (Phi) is 18.9. The molecule has 0 fully saturated rings. The summed E-state index contributed by atoms with van der Waals surface area (Å²) in [6.45, 7) is 16.3. The molecular formula is C48H63N6O12PS. The van der Waals surface area contributed by atoms with E-state index in [9.17, 15) is 27.6 Å². The van der Waals surface area contributed by atoms with Crippen molar-refractivity contribution in [2.45, 2.75) is 116 Å². The van der Waals surface area contributed by atoms with Crippen molar-refractivity contribution in [1.29, 1.82) is 0 Å². The molecule has 0 aromatic heterocycles. The van der Waals surface area contributed by atoms with Crippen molar-refractivity contribution >= 4 is 53.3 Å². The van der Waals surface area contributed by atoms with Gasteiger partial charge in [-0.25, -0.2) is 32.3 Å². The minimum atomic E-state index is -4.48. The van der Waals surface area contributed by atoms with Gasteiger partial charge in [0.1, 0.15) is 34.8 Å². The lowest BCUT2D eigenvalue weighted by atomic mass is 10.1. The van der Waals surface area contributed by atoms with E-state index < -0.39 is 82.0 Å². The molecular weight excluding hydrogens is 916 g/mol. The van der Waals surface area contributed by atoms with E-state index in [2.05, 4.69) is 31.0 Å². The fraction of sp³-hybridized carbons (Fsp3) is 0.396. The van der Waals surface area contributed by atoms with Gasteiger partial charge in [-0.2, -0.15) is 0 Å². The molecule has 0 radical (unpaired) electrons. The smallest absolute Gasteiger partial charge is 0.444 e. The number of benzene rings is 4. The molecule has 5 N–H and O–H groups in total. The minimum absolute atomic E-state index is 0.170. The number of hydrogen-bond donors (Lipinski definition) is 5. The van der Waals surface area contributed by atoms with Gasteiger partial charge in [-0.1, -0.05) is 78.9 Å². The van der Waals surface area contributed by atoms with Gasteiger partial charge in [0.2, 0.25) is 27.8 Å². The number of carbonyl (C=O) groups excluding carboxylic acids is 4. The van der Waals surface area contributed by atoms with E-state index in [-0.39, 0.29) is 36.2 Å². The predicted molar refractivity (Wildman–Crippen MR) is 259 cm³/mol. The maximum atomic E-state index is 15.3. The van der Waals surface area contributed by atoms with Crippen molar-refractivity contribution in [2.75, 3.05) is 6.61 Å². The second-order valence-corrected chi connectivity index (χ2v) is 22.3. The van der Waals surface area contributed by atoms with Crippen LogP contribution in [0.2, 0.25) is 0 Å². The quantitative estimate of drug-likeness (QED) is 0.0364. The maximum Gasteiger partial charge on any atom is 0.453 e. The van der Waals surface area contributed by atoms with Crippen LogP contribution in [0.25, 0.3) is 0 Å². The summed E-state index contributed by atoms with van der Waals surface area (Å²) in [4.78, 5) is 57.9. The molecule has 368 valence electrons. The number of ether oxygens (including phenoxy) is 3. The second kappa shape index (κ2) is 23.6. The Morgan fingerprint density at radius 3 is 1.54 bits per heavy atom. The largest absolute Gasteiger partial charge is 0.453 e. The van der Waals surface area contributed by atoms with Crippen molar-refractivity contribution in [3.63, 3.8) is 0 Å². The number of hydrogen-bond acceptors (Lipinski definition) is 13. The van der Waals surface area contributed by atoms with E-state index in [0.717, 1.165) is 0 Å². The molecule has 0 bridgehead atoms. The first-order chi connectivity index (χ1) is 31.7. The number of rotatable bonds is 18. The molecule has 0 aliphatic carbocycles. The van der Waals surface area contributed by atoms with Crippen LogP contribution in [-0.2, 0) is 50.6 Å². The third-order valence-corrected chi connectivity index (χ3v) is 12.1. The number of carbonyl (C=O) groups is 4. The van der Waals surface area contributed by atoms with Crippen LogP contribution in [0.15, 0.2) is 120 Å². The molecule has 0 aliphatic rings. The van der Waals surface area contributed by atoms with E-state index in [1.807, 2.05) is 0 Å². The second-order valence-electron chi connectivity index (χ2n) is 18.5. The first kappa shape index (κ1) is 54.3. The van der Waals surface area contributed by atoms with Gasteiger partial charge < -0.3 is 33.9 Å². The minimum Gasteiger partial charge on any atom is -0.444 e. The molecule has 18 nitrogen and oxygen atoms in total. The highest BCUT2D eigenvalue weighted by Gasteiger charge is 2.42. The summed E-state index contributed by atoms with van der Waals surface area (Å²) in [6.07, 6.45) is -1.95. The van der Waals surface area contributed by atoms with Crippen LogP contribution in [-0.4, -0.2) is 79.7 Å². The SMILES string of the molecule is C[C@H](NC(=O)[C@@H](COC(C)(C)C)NS(=O)(=O)Cc1ccccc1)C(=O)NC(Cc1ccc(N=C(NC(=O)OC(C)(C)C)NC(=O)OC(C)(C)C)cc1)P(=O)(Oc1ccccc1)Oc1ccccc1. The molecule has 0 spiro atoms. The molecule has 0 heterocycles. The van der Waals surface area contributed by atoms with Gasteiger partial charge in [0.05, 0.1) is 23.6 Å². The van der Waals surface area contributed by atoms with Crippen LogP contribution in [0.3, 0.4) is 0 Å². The molecule has 20 heteroatoms. The number of nitrogens with zero attached hydrogens (tertiary/aromatic N) is 1. The summed E-state index contributed by atoms with van der Waals surface area (Å²) in [5.74, 6) is -3.46. The molecule has 0 saturated carbocycles. The van der Waals surface area contributed by atoms with Gasteiger partial charge in [-0.3, -0.25) is 20.2 Å². The van der Waals surface area contributed by atoms with Crippen molar-refractivity contribution in [3.8, 4) is 11.5 Å². The standard InChI is InChI=1S/C48H63N6O12PS/c1-33(49-42(56)39(31-62-46(2,3)4)54-68(60,61)32-35-20-14-11-15-21-35)41(55)51-40(67(59,65-37-22-16-12-17-23-37)66-38-24-18-13-19-25-38)30-34-26-28-36(29-27-34)50-43(52-44(57)63-47(5,6)7)53-45(58)64-48(8,9)10/h11-29,33,39-40,54H,30-32H2,1-10H3,(H,49,56)(H,51,55)(H2,50,52,53,57,58)/t33-,39+,40?/m0/s1. The first-order valence-electron chi connectivity index (χ1n) is 21.7. The summed E-state index contributed by atoms with van der Waals surface area (Å²) < 4.78 is 73.1. The van der Waals surface area contributed by atoms with E-state index in [1.165, 1.54) is 6.92 Å². The van der Waals surface area contributed by atoms with Gasteiger partial charge in [0, 0.05) is 6.42 Å². The highest BCUT2D eigenvalue weighted by atomic mass is 32.2. The number of alkyl carbamates (subject to hydrolysis) is 2. The van der Waals surface area contributed by atoms with Crippen LogP contribution in [0.4, 0.5) is 15.3 Å². The first-order valence-corrected chi connectivity index (χ1v) is 25.0. The number of aliphatic imine (C=N–C) groups is 1. The molecule has 68 heavy (non-hydrogen) atoms. The predicted octanol–water partition coefficient (Wildman–Crippen LogP) is 7.87. The van der Waals surface area contributed by atoms with Gasteiger partial charge in [-0.05, 0) is 117 Å². The molecule has 3 atom stereocenters. The summed E-state index contributed by atoms with van der Waals surface area (Å²) >= 11 is 0. The van der Waals surface area contributed by atoms with Crippen LogP contribution in [0, 0.1) is 0 Å². The Balaban J connectivity index is 1.67. The van der Waals surface area contributed by atoms with Crippen molar-refractivity contribution in [3.05, 3.63) is 126 Å². The van der Waals surface area contributed by atoms with E-state index in [1.54, 1.807) is 178 Å². The van der Waals surface area contributed by atoms with Gasteiger partial charge in [-0.15, -0.1) is 0 Å². The van der Waals surface area contributed by atoms with Crippen LogP contribution in [0.5, 0.6) is 11.5 Å². The normalized spacial score (nSPS) is 13.4. The number of amides is 4. The average molecular weight is 979 g/mol. The monoisotopic (exact) mass is 978 g/mol. The summed E-state index contributed by atoms with van der Waals surface area (Å²) in [6, 6.07) is 28.4. The summed E-state index contributed by atoms with van der Waals surface area (Å²) in [5.41, 5.74) is -1.24. The van der Waals surface area contributed by atoms with Crippen LogP contribution < -0.4 is 35.0 Å². The highest BCUT2D eigenvalue weighted by Crippen LogP contribution is 2.53. The fourth-order valence-electron chi connectivity index (χ4n) is 5.81. The number of guanidine groups is 1. The lowest BCUT2D eigenvalue weighted by Gasteiger charge is -2.30. The van der Waals surface area contributed by atoms with Crippen LogP contribution >= 0.6 is 7.60 Å². The van der Waals surface area contributed by atoms with Gasteiger partial charge in [0.15, 0.2) is 5.78 Å². The zero-order chi connectivity index (χ0) is 50.3. The number of para-hydroxylation sites is 2. The molecule has 4 rings (SSSR count). The Labute approximate surface area is 398 Å². The number of nitrogens with one attached hydrogen (secondary N) is 5. The van der Waals surface area contributed by atoms with Gasteiger partial charge in [0.25, 0.3) is 0 Å². The molecule has 4 aromatic carbocycles. The van der Waals surface area contributed by atoms with Crippen molar-refractivity contribution in [1.82, 2.24) is 26.0 Å². The summed E-state index contributed by atoms with van der Waals surface area (Å²) in [5, 5.41) is 10.2. The van der Waals surface area contributed by atoms with E-state index in [4.69, 9.17) is 23.3 Å². The van der Waals surface area contributed by atoms with E-state index in [0.29, 0.717) is 11.1 Å². The van der Waals surface area contributed by atoms with Gasteiger partial charge >= 0.3 is 19.8 Å².